The average molecular weight is 337 g/mol. The van der Waals surface area contributed by atoms with Crippen LogP contribution in [0.3, 0.4) is 0 Å². The molecule has 2 aliphatic rings. The highest BCUT2D eigenvalue weighted by Crippen LogP contribution is 2.54. The molecule has 0 saturated heterocycles. The number of carbonyl (C=O) groups is 2. The molecular formula is C19H19N3O3. The van der Waals surface area contributed by atoms with Gasteiger partial charge in [-0.25, -0.2) is 4.98 Å². The van der Waals surface area contributed by atoms with Gasteiger partial charge in [-0.2, -0.15) is 0 Å². The van der Waals surface area contributed by atoms with Gasteiger partial charge >= 0.3 is 0 Å². The van der Waals surface area contributed by atoms with Gasteiger partial charge in [0, 0.05) is 17.5 Å². The Bertz CT molecular complexity index is 815. The number of nitrogens with two attached hydrogens (primary N) is 1. The molecule has 0 radical (unpaired) electrons. The summed E-state index contributed by atoms with van der Waals surface area (Å²) in [6.45, 7) is 0. The second-order valence-electron chi connectivity index (χ2n) is 6.71. The fraction of sp³-hybridized carbons (Fsp3) is 0.316. The smallest absolute Gasteiger partial charge is 0.248 e. The lowest BCUT2D eigenvalue weighted by molar-refractivity contribution is -0.117. The molecule has 2 aromatic rings. The predicted molar refractivity (Wildman–Crippen MR) is 92.2 cm³/mol. The Morgan fingerprint density at radius 3 is 2.72 bits per heavy atom. The summed E-state index contributed by atoms with van der Waals surface area (Å²) in [6.07, 6.45) is 5.14. The third kappa shape index (κ3) is 3.63. The van der Waals surface area contributed by atoms with Crippen molar-refractivity contribution in [3.8, 4) is 11.6 Å². The lowest BCUT2D eigenvalue weighted by Crippen LogP contribution is -2.15. The van der Waals surface area contributed by atoms with E-state index in [9.17, 15) is 9.59 Å². The second kappa shape index (κ2) is 6.20. The third-order valence-corrected chi connectivity index (χ3v) is 4.75. The molecule has 4 rings (SSSR count). The molecule has 2 unspecified atom stereocenters. The second-order valence-corrected chi connectivity index (χ2v) is 6.71. The van der Waals surface area contributed by atoms with Gasteiger partial charge in [0.25, 0.3) is 0 Å². The first-order valence-electron chi connectivity index (χ1n) is 8.45. The zero-order chi connectivity index (χ0) is 17.4. The number of rotatable bonds is 6. The summed E-state index contributed by atoms with van der Waals surface area (Å²) in [4.78, 5) is 27.6. The summed E-state index contributed by atoms with van der Waals surface area (Å²) in [5.74, 6) is 1.96. The Morgan fingerprint density at radius 2 is 2.04 bits per heavy atom. The van der Waals surface area contributed by atoms with Crippen LogP contribution in [-0.2, 0) is 4.79 Å². The number of benzene rings is 1. The van der Waals surface area contributed by atoms with Gasteiger partial charge in [-0.3, -0.25) is 9.59 Å². The SMILES string of the molecule is NC(=O)c1cccc(Oc2ccc(NC(=O)C3CC3C3CC3)cn2)c1. The molecule has 2 saturated carbocycles. The number of carbonyl (C=O) groups excluding carboxylic acids is 2. The molecule has 6 heteroatoms. The van der Waals surface area contributed by atoms with Crippen molar-refractivity contribution in [2.24, 2.45) is 23.5 Å². The van der Waals surface area contributed by atoms with E-state index in [1.54, 1.807) is 42.6 Å². The maximum absolute atomic E-state index is 12.2. The molecular weight excluding hydrogens is 318 g/mol. The van der Waals surface area contributed by atoms with Gasteiger partial charge in [0.1, 0.15) is 5.75 Å². The van der Waals surface area contributed by atoms with Gasteiger partial charge in [0.05, 0.1) is 11.9 Å². The van der Waals surface area contributed by atoms with E-state index < -0.39 is 5.91 Å². The molecule has 2 atom stereocenters. The van der Waals surface area contributed by atoms with Crippen LogP contribution < -0.4 is 15.8 Å². The number of hydrogen-bond donors (Lipinski definition) is 2. The molecule has 0 aliphatic heterocycles. The van der Waals surface area contributed by atoms with Gasteiger partial charge < -0.3 is 15.8 Å². The number of pyridine rings is 1. The van der Waals surface area contributed by atoms with Gasteiger partial charge in [-0.15, -0.1) is 0 Å². The average Bonchev–Trinajstić information content (AvgIpc) is 3.47. The highest BCUT2D eigenvalue weighted by atomic mass is 16.5. The third-order valence-electron chi connectivity index (χ3n) is 4.75. The Kier molecular flexibility index (Phi) is 3.87. The fourth-order valence-electron chi connectivity index (χ4n) is 3.14. The van der Waals surface area contributed by atoms with Crippen molar-refractivity contribution in [1.29, 1.82) is 0 Å². The molecule has 1 aromatic carbocycles. The summed E-state index contributed by atoms with van der Waals surface area (Å²) >= 11 is 0. The van der Waals surface area contributed by atoms with Crippen LogP contribution >= 0.6 is 0 Å². The number of anilines is 1. The minimum atomic E-state index is -0.513. The summed E-state index contributed by atoms with van der Waals surface area (Å²) < 4.78 is 5.61. The van der Waals surface area contributed by atoms with Crippen molar-refractivity contribution < 1.29 is 14.3 Å². The highest BCUT2D eigenvalue weighted by Gasteiger charge is 2.51. The van der Waals surface area contributed by atoms with Crippen molar-refractivity contribution >= 4 is 17.5 Å². The fourth-order valence-corrected chi connectivity index (χ4v) is 3.14. The Labute approximate surface area is 145 Å². The largest absolute Gasteiger partial charge is 0.439 e. The molecule has 2 fully saturated rings. The number of nitrogens with one attached hydrogen (secondary N) is 1. The molecule has 2 aliphatic carbocycles. The van der Waals surface area contributed by atoms with Gasteiger partial charge in [0.15, 0.2) is 0 Å². The summed E-state index contributed by atoms with van der Waals surface area (Å²) in [6, 6.07) is 10.0. The van der Waals surface area contributed by atoms with Crippen LogP contribution in [0.4, 0.5) is 5.69 Å². The van der Waals surface area contributed by atoms with Crippen molar-refractivity contribution in [3.63, 3.8) is 0 Å². The summed E-state index contributed by atoms with van der Waals surface area (Å²) in [5, 5.41) is 2.91. The Hall–Kier alpha value is -2.89. The first kappa shape index (κ1) is 15.6. The molecule has 1 heterocycles. The maximum Gasteiger partial charge on any atom is 0.248 e. The quantitative estimate of drug-likeness (QED) is 0.847. The first-order valence-corrected chi connectivity index (χ1v) is 8.45. The molecule has 2 amide bonds. The number of primary amides is 1. The normalized spacial score (nSPS) is 21.4. The molecule has 3 N–H and O–H groups in total. The zero-order valence-corrected chi connectivity index (χ0v) is 13.6. The number of ether oxygens (including phenoxy) is 1. The van der Waals surface area contributed by atoms with Crippen LogP contribution in [0.25, 0.3) is 0 Å². The lowest BCUT2D eigenvalue weighted by atomic mass is 10.2. The molecule has 0 spiro atoms. The minimum Gasteiger partial charge on any atom is -0.439 e. The van der Waals surface area contributed by atoms with Gasteiger partial charge in [-0.1, -0.05) is 6.07 Å². The van der Waals surface area contributed by atoms with Crippen LogP contribution in [0, 0.1) is 17.8 Å². The van der Waals surface area contributed by atoms with E-state index in [1.165, 1.54) is 12.8 Å². The Morgan fingerprint density at radius 1 is 1.20 bits per heavy atom. The highest BCUT2D eigenvalue weighted by molar-refractivity contribution is 5.94. The van der Waals surface area contributed by atoms with Gasteiger partial charge in [-0.05, 0) is 55.4 Å². The van der Waals surface area contributed by atoms with E-state index in [1.807, 2.05) is 0 Å². The van der Waals surface area contributed by atoms with Crippen molar-refractivity contribution in [2.75, 3.05) is 5.32 Å². The number of hydrogen-bond acceptors (Lipinski definition) is 4. The van der Waals surface area contributed by atoms with E-state index in [4.69, 9.17) is 10.5 Å². The van der Waals surface area contributed by atoms with E-state index in [2.05, 4.69) is 10.3 Å². The number of amides is 2. The Balaban J connectivity index is 1.36. The standard InChI is InChI=1S/C19H19N3O3/c20-18(23)12-2-1-3-14(8-12)25-17-7-6-13(10-21-17)22-19(24)16-9-15(16)11-4-5-11/h1-3,6-8,10-11,15-16H,4-5,9H2,(H2,20,23)(H,22,24). The number of aromatic nitrogens is 1. The van der Waals surface area contributed by atoms with Gasteiger partial charge in [0.2, 0.25) is 17.7 Å². The molecule has 0 bridgehead atoms. The predicted octanol–water partition coefficient (Wildman–Crippen LogP) is 2.96. The van der Waals surface area contributed by atoms with Crippen LogP contribution in [0.2, 0.25) is 0 Å². The molecule has 128 valence electrons. The summed E-state index contributed by atoms with van der Waals surface area (Å²) in [7, 11) is 0. The van der Waals surface area contributed by atoms with Crippen molar-refractivity contribution in [2.45, 2.75) is 19.3 Å². The molecule has 25 heavy (non-hydrogen) atoms. The number of nitrogens with zero attached hydrogens (tertiary/aromatic N) is 1. The zero-order valence-electron chi connectivity index (χ0n) is 13.6. The van der Waals surface area contributed by atoms with E-state index >= 15 is 0 Å². The van der Waals surface area contributed by atoms with Crippen molar-refractivity contribution in [3.05, 3.63) is 48.2 Å². The van der Waals surface area contributed by atoms with Crippen LogP contribution in [0.1, 0.15) is 29.6 Å². The maximum atomic E-state index is 12.2. The van der Waals surface area contributed by atoms with Crippen LogP contribution in [0.15, 0.2) is 42.6 Å². The van der Waals surface area contributed by atoms with Crippen LogP contribution in [0.5, 0.6) is 11.6 Å². The van der Waals surface area contributed by atoms with E-state index in [-0.39, 0.29) is 11.8 Å². The topological polar surface area (TPSA) is 94.3 Å². The first-order chi connectivity index (χ1) is 12.1. The summed E-state index contributed by atoms with van der Waals surface area (Å²) in [5.41, 5.74) is 6.28. The minimum absolute atomic E-state index is 0.0847. The monoisotopic (exact) mass is 337 g/mol. The van der Waals surface area contributed by atoms with E-state index in [0.29, 0.717) is 28.8 Å². The van der Waals surface area contributed by atoms with Crippen LogP contribution in [-0.4, -0.2) is 16.8 Å². The van der Waals surface area contributed by atoms with E-state index in [0.717, 1.165) is 12.3 Å². The van der Waals surface area contributed by atoms with Crippen molar-refractivity contribution in [1.82, 2.24) is 4.98 Å². The molecule has 1 aromatic heterocycles. The lowest BCUT2D eigenvalue weighted by Gasteiger charge is -2.08. The molecule has 6 nitrogen and oxygen atoms in total.